The van der Waals surface area contributed by atoms with Crippen LogP contribution in [0.4, 0.5) is 13.2 Å². The molecule has 0 aromatic heterocycles. The number of rotatable bonds is 8. The fourth-order valence-corrected chi connectivity index (χ4v) is 4.37. The highest BCUT2D eigenvalue weighted by Crippen LogP contribution is 2.49. The zero-order chi connectivity index (χ0) is 22.8. The highest BCUT2D eigenvalue weighted by molar-refractivity contribution is 5.97. The average Bonchev–Trinajstić information content (AvgIpc) is 2.86. The van der Waals surface area contributed by atoms with Crippen molar-refractivity contribution in [1.29, 1.82) is 5.41 Å². The van der Waals surface area contributed by atoms with Crippen LogP contribution in [0.1, 0.15) is 85.3 Å². The van der Waals surface area contributed by atoms with Crippen LogP contribution in [0.2, 0.25) is 0 Å². The largest absolute Gasteiger partial charge is 0.356 e. The Hall–Kier alpha value is -2.04. The quantitative estimate of drug-likeness (QED) is 0.267. The van der Waals surface area contributed by atoms with Gasteiger partial charge in [0, 0.05) is 24.1 Å². The molecule has 1 aliphatic rings. The summed E-state index contributed by atoms with van der Waals surface area (Å²) < 4.78 is 45.8. The van der Waals surface area contributed by atoms with Crippen LogP contribution in [0.5, 0.6) is 0 Å². The van der Waals surface area contributed by atoms with Gasteiger partial charge in [0.2, 0.25) is 0 Å². The third-order valence-electron chi connectivity index (χ3n) is 7.00. The van der Waals surface area contributed by atoms with Crippen molar-refractivity contribution in [3.05, 3.63) is 56.9 Å². The second kappa shape index (κ2) is 9.40. The summed E-state index contributed by atoms with van der Waals surface area (Å²) >= 11 is 0. The van der Waals surface area contributed by atoms with E-state index >= 15 is 13.2 Å². The third-order valence-corrected chi connectivity index (χ3v) is 7.00. The van der Waals surface area contributed by atoms with Crippen molar-refractivity contribution < 1.29 is 13.2 Å². The molecular weight excluding hydrogens is 385 g/mol. The number of hydrogen-bond acceptors (Lipinski definition) is 1. The van der Waals surface area contributed by atoms with Gasteiger partial charge >= 0.3 is 0 Å². The zero-order valence-corrected chi connectivity index (χ0v) is 19.4. The van der Waals surface area contributed by atoms with E-state index in [0.29, 0.717) is 13.1 Å². The number of benzene rings is 1. The van der Waals surface area contributed by atoms with E-state index in [9.17, 15) is 0 Å². The first-order chi connectivity index (χ1) is 14.0. The standard InChI is InChI=1S/C25H35F3N2/c1-8-10-12-30(13-11-9-2)24(29)21-20(26)14-19(22(27)23(21)28)25(7)17(5)15(3)16(4)18(25)6/h14,29H,8-13H2,1-7H3. The Bertz CT molecular complexity index is 864. The predicted octanol–water partition coefficient (Wildman–Crippen LogP) is 7.28. The lowest BCUT2D eigenvalue weighted by atomic mass is 9.73. The minimum Gasteiger partial charge on any atom is -0.356 e. The van der Waals surface area contributed by atoms with Crippen LogP contribution >= 0.6 is 0 Å². The van der Waals surface area contributed by atoms with Gasteiger partial charge in [-0.2, -0.15) is 0 Å². The van der Waals surface area contributed by atoms with Crippen molar-refractivity contribution in [2.24, 2.45) is 0 Å². The van der Waals surface area contributed by atoms with E-state index < -0.39 is 28.4 Å². The molecule has 1 aromatic carbocycles. The SMILES string of the molecule is CCCCN(CCCC)C(=N)c1c(F)cc(C2(C)C(C)=C(C)C(C)=C2C)c(F)c1F. The maximum atomic E-state index is 15.4. The van der Waals surface area contributed by atoms with E-state index in [4.69, 9.17) is 5.41 Å². The maximum Gasteiger partial charge on any atom is 0.173 e. The van der Waals surface area contributed by atoms with Crippen LogP contribution in [0.3, 0.4) is 0 Å². The van der Waals surface area contributed by atoms with Crippen LogP contribution in [0.15, 0.2) is 28.4 Å². The summed E-state index contributed by atoms with van der Waals surface area (Å²) in [6, 6.07) is 1.10. The minimum atomic E-state index is -1.27. The number of amidine groups is 1. The normalized spacial score (nSPS) is 15.9. The fraction of sp³-hybridized carbons (Fsp3) is 0.560. The van der Waals surface area contributed by atoms with Gasteiger partial charge < -0.3 is 4.90 Å². The molecule has 0 saturated carbocycles. The van der Waals surface area contributed by atoms with E-state index in [1.54, 1.807) is 4.90 Å². The lowest BCUT2D eigenvalue weighted by Crippen LogP contribution is -2.35. The Balaban J connectivity index is 2.58. The average molecular weight is 421 g/mol. The van der Waals surface area contributed by atoms with Crippen LogP contribution in [0.25, 0.3) is 0 Å². The molecule has 0 atom stereocenters. The van der Waals surface area contributed by atoms with Gasteiger partial charge in [-0.25, -0.2) is 13.2 Å². The Morgan fingerprint density at radius 3 is 1.80 bits per heavy atom. The molecule has 0 radical (unpaired) electrons. The fourth-order valence-electron chi connectivity index (χ4n) is 4.37. The van der Waals surface area contributed by atoms with Gasteiger partial charge in [0.05, 0.1) is 5.56 Å². The summed E-state index contributed by atoms with van der Waals surface area (Å²) in [4.78, 5) is 1.66. The molecule has 1 N–H and O–H groups in total. The number of hydrogen-bond donors (Lipinski definition) is 1. The van der Waals surface area contributed by atoms with Gasteiger partial charge in [-0.3, -0.25) is 5.41 Å². The first-order valence-corrected chi connectivity index (χ1v) is 10.9. The number of halogens is 3. The molecule has 0 aliphatic heterocycles. The molecule has 1 aromatic rings. The molecule has 0 unspecified atom stereocenters. The summed E-state index contributed by atoms with van der Waals surface area (Å²) in [7, 11) is 0. The molecule has 0 fully saturated rings. The Labute approximate surface area is 179 Å². The highest BCUT2D eigenvalue weighted by atomic mass is 19.2. The number of nitrogens with one attached hydrogen (secondary N) is 1. The zero-order valence-electron chi connectivity index (χ0n) is 19.4. The first-order valence-electron chi connectivity index (χ1n) is 10.9. The maximum absolute atomic E-state index is 15.4. The van der Waals surface area contributed by atoms with Gasteiger partial charge in [-0.15, -0.1) is 0 Å². The molecule has 0 amide bonds. The molecule has 30 heavy (non-hydrogen) atoms. The molecule has 0 saturated heterocycles. The van der Waals surface area contributed by atoms with Crippen LogP contribution in [0, 0.1) is 22.9 Å². The van der Waals surface area contributed by atoms with Crippen molar-refractivity contribution in [3.63, 3.8) is 0 Å². The van der Waals surface area contributed by atoms with E-state index in [1.807, 2.05) is 48.5 Å². The van der Waals surface area contributed by atoms with Gasteiger partial charge in [0.25, 0.3) is 0 Å². The van der Waals surface area contributed by atoms with Crippen molar-refractivity contribution >= 4 is 5.84 Å². The van der Waals surface area contributed by atoms with Gasteiger partial charge in [0.1, 0.15) is 11.7 Å². The summed E-state index contributed by atoms with van der Waals surface area (Å²) in [5.74, 6) is -3.49. The molecule has 0 spiro atoms. The summed E-state index contributed by atoms with van der Waals surface area (Å²) in [5.41, 5.74) is 2.37. The Morgan fingerprint density at radius 2 is 1.37 bits per heavy atom. The Kier molecular flexibility index (Phi) is 7.59. The molecular formula is C25H35F3N2. The second-order valence-electron chi connectivity index (χ2n) is 8.58. The molecule has 2 nitrogen and oxygen atoms in total. The van der Waals surface area contributed by atoms with Crippen LogP contribution in [-0.4, -0.2) is 23.8 Å². The van der Waals surface area contributed by atoms with E-state index in [1.165, 1.54) is 0 Å². The van der Waals surface area contributed by atoms with Gasteiger partial charge in [-0.05, 0) is 64.7 Å². The highest BCUT2D eigenvalue weighted by Gasteiger charge is 2.41. The molecule has 2 rings (SSSR count). The molecule has 166 valence electrons. The Morgan fingerprint density at radius 1 is 0.900 bits per heavy atom. The number of nitrogens with zero attached hydrogens (tertiary/aromatic N) is 1. The van der Waals surface area contributed by atoms with Crippen molar-refractivity contribution in [2.75, 3.05) is 13.1 Å². The predicted molar refractivity (Wildman–Crippen MR) is 119 cm³/mol. The molecule has 0 heterocycles. The van der Waals surface area contributed by atoms with Crippen LogP contribution in [-0.2, 0) is 5.41 Å². The lowest BCUT2D eigenvalue weighted by molar-refractivity contribution is 0.390. The second-order valence-corrected chi connectivity index (χ2v) is 8.58. The summed E-state index contributed by atoms with van der Waals surface area (Å²) in [6.07, 6.45) is 3.42. The van der Waals surface area contributed by atoms with Gasteiger partial charge in [0.15, 0.2) is 11.6 Å². The van der Waals surface area contributed by atoms with Crippen molar-refractivity contribution in [1.82, 2.24) is 4.90 Å². The van der Waals surface area contributed by atoms with Crippen molar-refractivity contribution in [3.8, 4) is 0 Å². The summed E-state index contributed by atoms with van der Waals surface area (Å²) in [6.45, 7) is 14.6. The smallest absolute Gasteiger partial charge is 0.173 e. The molecule has 1 aliphatic carbocycles. The van der Waals surface area contributed by atoms with E-state index in [-0.39, 0.29) is 11.4 Å². The number of allylic oxidation sites excluding steroid dienone is 4. The number of unbranched alkanes of at least 4 members (excludes halogenated alkanes) is 2. The van der Waals surface area contributed by atoms with E-state index in [2.05, 4.69) is 0 Å². The van der Waals surface area contributed by atoms with Crippen molar-refractivity contribution in [2.45, 2.75) is 79.6 Å². The lowest BCUT2D eigenvalue weighted by Gasteiger charge is -2.31. The van der Waals surface area contributed by atoms with E-state index in [0.717, 1.165) is 54.0 Å². The van der Waals surface area contributed by atoms with Crippen LogP contribution < -0.4 is 0 Å². The summed E-state index contributed by atoms with van der Waals surface area (Å²) in [5, 5.41) is 8.45. The topological polar surface area (TPSA) is 27.1 Å². The minimum absolute atomic E-state index is 0.00563. The monoisotopic (exact) mass is 420 g/mol. The molecule has 5 heteroatoms. The van der Waals surface area contributed by atoms with Gasteiger partial charge in [-0.1, -0.05) is 37.8 Å². The first kappa shape index (κ1) is 24.2. The third kappa shape index (κ3) is 3.95. The molecule has 0 bridgehead atoms.